The van der Waals surface area contributed by atoms with Crippen molar-refractivity contribution in [3.63, 3.8) is 0 Å². The predicted molar refractivity (Wildman–Crippen MR) is 121 cm³/mol. The Labute approximate surface area is 178 Å². The number of hydrogen-bond donors (Lipinski definition) is 1. The number of rotatable bonds is 4. The third kappa shape index (κ3) is 4.19. The van der Waals surface area contributed by atoms with Crippen molar-refractivity contribution in [3.05, 3.63) is 53.6 Å². The average molecular weight is 407 g/mol. The van der Waals surface area contributed by atoms with E-state index in [0.717, 1.165) is 48.7 Å². The topological polar surface area (TPSA) is 55.9 Å². The van der Waals surface area contributed by atoms with Gasteiger partial charge in [0, 0.05) is 56.2 Å². The molecule has 6 nitrogen and oxygen atoms in total. The number of carbonyl (C=O) groups is 2. The Hall–Kier alpha value is -2.86. The van der Waals surface area contributed by atoms with E-state index in [2.05, 4.69) is 34.3 Å². The van der Waals surface area contributed by atoms with Gasteiger partial charge >= 0.3 is 0 Å². The molecule has 2 heterocycles. The molecular formula is C24H30N4O2. The molecule has 4 rings (SSSR count). The molecule has 2 saturated heterocycles. The van der Waals surface area contributed by atoms with Gasteiger partial charge in [-0.3, -0.25) is 9.59 Å². The lowest BCUT2D eigenvalue weighted by molar-refractivity contribution is -0.122. The van der Waals surface area contributed by atoms with Crippen LogP contribution in [0.2, 0.25) is 0 Å². The summed E-state index contributed by atoms with van der Waals surface area (Å²) >= 11 is 0. The molecule has 158 valence electrons. The number of piperazine rings is 1. The summed E-state index contributed by atoms with van der Waals surface area (Å²) < 4.78 is 0. The molecule has 0 radical (unpaired) electrons. The minimum Gasteiger partial charge on any atom is -0.369 e. The molecule has 0 bridgehead atoms. The number of anilines is 3. The molecule has 2 fully saturated rings. The lowest BCUT2D eigenvalue weighted by Gasteiger charge is -2.34. The first-order valence-electron chi connectivity index (χ1n) is 10.6. The fourth-order valence-corrected chi connectivity index (χ4v) is 4.21. The first-order valence-corrected chi connectivity index (χ1v) is 10.6. The van der Waals surface area contributed by atoms with Crippen molar-refractivity contribution >= 4 is 28.9 Å². The summed E-state index contributed by atoms with van der Waals surface area (Å²) in [7, 11) is 2.14. The lowest BCUT2D eigenvalue weighted by atomic mass is 10.1. The molecule has 2 aliphatic heterocycles. The van der Waals surface area contributed by atoms with E-state index in [0.29, 0.717) is 6.54 Å². The molecule has 1 unspecified atom stereocenters. The summed E-state index contributed by atoms with van der Waals surface area (Å²) in [4.78, 5) is 31.8. The molecule has 30 heavy (non-hydrogen) atoms. The molecule has 2 amide bonds. The minimum atomic E-state index is -0.338. The Morgan fingerprint density at radius 3 is 2.40 bits per heavy atom. The molecule has 1 atom stereocenters. The van der Waals surface area contributed by atoms with Gasteiger partial charge in [-0.2, -0.15) is 0 Å². The van der Waals surface area contributed by atoms with Crippen molar-refractivity contribution in [1.82, 2.24) is 4.90 Å². The summed E-state index contributed by atoms with van der Waals surface area (Å²) in [5.41, 5.74) is 5.10. The van der Waals surface area contributed by atoms with Crippen molar-refractivity contribution < 1.29 is 9.59 Å². The Morgan fingerprint density at radius 1 is 1.00 bits per heavy atom. The van der Waals surface area contributed by atoms with Crippen LogP contribution in [0.25, 0.3) is 0 Å². The van der Waals surface area contributed by atoms with Gasteiger partial charge in [-0.05, 0) is 62.4 Å². The average Bonchev–Trinajstić information content (AvgIpc) is 3.13. The largest absolute Gasteiger partial charge is 0.369 e. The third-order valence-electron chi connectivity index (χ3n) is 6.37. The maximum atomic E-state index is 12.8. The van der Waals surface area contributed by atoms with Crippen LogP contribution in [0.1, 0.15) is 17.5 Å². The zero-order valence-electron chi connectivity index (χ0n) is 18.0. The molecule has 0 spiro atoms. The van der Waals surface area contributed by atoms with Gasteiger partial charge in [0.2, 0.25) is 11.8 Å². The molecular weight excluding hydrogens is 376 g/mol. The molecule has 0 aliphatic carbocycles. The Kier molecular flexibility index (Phi) is 5.77. The van der Waals surface area contributed by atoms with Crippen LogP contribution in [0.5, 0.6) is 0 Å². The van der Waals surface area contributed by atoms with E-state index in [9.17, 15) is 9.59 Å². The van der Waals surface area contributed by atoms with E-state index in [1.165, 1.54) is 5.69 Å². The van der Waals surface area contributed by atoms with Crippen molar-refractivity contribution in [1.29, 1.82) is 0 Å². The van der Waals surface area contributed by atoms with E-state index < -0.39 is 0 Å². The maximum Gasteiger partial charge on any atom is 0.229 e. The number of likely N-dealkylation sites (N-methyl/N-ethyl adjacent to an activating group) is 1. The number of benzene rings is 2. The molecule has 1 N–H and O–H groups in total. The highest BCUT2D eigenvalue weighted by Gasteiger charge is 2.35. The third-order valence-corrected chi connectivity index (χ3v) is 6.37. The Bertz CT molecular complexity index is 933. The van der Waals surface area contributed by atoms with E-state index in [4.69, 9.17) is 0 Å². The predicted octanol–water partition coefficient (Wildman–Crippen LogP) is 3.05. The Morgan fingerprint density at radius 2 is 1.70 bits per heavy atom. The molecule has 2 aromatic rings. The Balaban J connectivity index is 1.38. The second-order valence-electron chi connectivity index (χ2n) is 8.45. The summed E-state index contributed by atoms with van der Waals surface area (Å²) in [6.45, 7) is 8.63. The first-order chi connectivity index (χ1) is 14.4. The van der Waals surface area contributed by atoms with Gasteiger partial charge in [-0.1, -0.05) is 12.1 Å². The number of aryl methyl sites for hydroxylation is 1. The van der Waals surface area contributed by atoms with Crippen LogP contribution >= 0.6 is 0 Å². The van der Waals surface area contributed by atoms with Crippen LogP contribution in [-0.2, 0) is 9.59 Å². The monoisotopic (exact) mass is 406 g/mol. The van der Waals surface area contributed by atoms with Crippen LogP contribution in [0.4, 0.5) is 17.1 Å². The number of nitrogens with one attached hydrogen (secondary N) is 1. The highest BCUT2D eigenvalue weighted by molar-refractivity contribution is 6.04. The van der Waals surface area contributed by atoms with Gasteiger partial charge in [0.05, 0.1) is 5.92 Å². The maximum absolute atomic E-state index is 12.8. The van der Waals surface area contributed by atoms with E-state index in [-0.39, 0.29) is 24.2 Å². The first kappa shape index (κ1) is 20.4. The number of carbonyl (C=O) groups excluding carboxylic acids is 2. The van der Waals surface area contributed by atoms with Gasteiger partial charge in [-0.25, -0.2) is 0 Å². The lowest BCUT2D eigenvalue weighted by Crippen LogP contribution is -2.44. The SMILES string of the molecule is Cc1cccc(N2CC(C(=O)Nc3ccc(N4CCN(C)CC4)cc3)CC2=O)c1C. The number of nitrogens with zero attached hydrogens (tertiary/aromatic N) is 3. The number of amides is 2. The van der Waals surface area contributed by atoms with Crippen LogP contribution in [0.3, 0.4) is 0 Å². The van der Waals surface area contributed by atoms with Gasteiger partial charge in [0.25, 0.3) is 0 Å². The van der Waals surface area contributed by atoms with Gasteiger partial charge in [0.15, 0.2) is 0 Å². The number of hydrogen-bond acceptors (Lipinski definition) is 4. The van der Waals surface area contributed by atoms with E-state index >= 15 is 0 Å². The highest BCUT2D eigenvalue weighted by atomic mass is 16.2. The van der Waals surface area contributed by atoms with Crippen LogP contribution in [-0.4, -0.2) is 56.5 Å². The molecule has 0 saturated carbocycles. The van der Waals surface area contributed by atoms with E-state index in [1.807, 2.05) is 44.2 Å². The molecule has 2 aromatic carbocycles. The van der Waals surface area contributed by atoms with Crippen molar-refractivity contribution in [2.45, 2.75) is 20.3 Å². The highest BCUT2D eigenvalue weighted by Crippen LogP contribution is 2.30. The summed E-state index contributed by atoms with van der Waals surface area (Å²) in [5, 5.41) is 3.00. The molecule has 2 aliphatic rings. The van der Waals surface area contributed by atoms with Gasteiger partial charge < -0.3 is 20.0 Å². The second kappa shape index (κ2) is 8.48. The van der Waals surface area contributed by atoms with Crippen LogP contribution < -0.4 is 15.1 Å². The fourth-order valence-electron chi connectivity index (χ4n) is 4.21. The van der Waals surface area contributed by atoms with Gasteiger partial charge in [-0.15, -0.1) is 0 Å². The zero-order chi connectivity index (χ0) is 21.3. The quantitative estimate of drug-likeness (QED) is 0.848. The zero-order valence-corrected chi connectivity index (χ0v) is 18.0. The van der Waals surface area contributed by atoms with Gasteiger partial charge in [0.1, 0.15) is 0 Å². The molecule has 6 heteroatoms. The van der Waals surface area contributed by atoms with E-state index in [1.54, 1.807) is 4.90 Å². The smallest absolute Gasteiger partial charge is 0.229 e. The van der Waals surface area contributed by atoms with Crippen LogP contribution in [0.15, 0.2) is 42.5 Å². The normalized spacial score (nSPS) is 20.0. The molecule has 0 aromatic heterocycles. The minimum absolute atomic E-state index is 0.00858. The second-order valence-corrected chi connectivity index (χ2v) is 8.45. The summed E-state index contributed by atoms with van der Waals surface area (Å²) in [6, 6.07) is 14.0. The van der Waals surface area contributed by atoms with Crippen molar-refractivity contribution in [2.24, 2.45) is 5.92 Å². The van der Waals surface area contributed by atoms with Crippen molar-refractivity contribution in [3.8, 4) is 0 Å². The fraction of sp³-hybridized carbons (Fsp3) is 0.417. The van der Waals surface area contributed by atoms with Crippen molar-refractivity contribution in [2.75, 3.05) is 54.9 Å². The van der Waals surface area contributed by atoms with Crippen LogP contribution in [0, 0.1) is 19.8 Å². The summed E-state index contributed by atoms with van der Waals surface area (Å²) in [5.74, 6) is -0.424. The standard InChI is InChI=1S/C24H30N4O2/c1-17-5-4-6-22(18(17)2)28-16-19(15-23(28)29)24(30)25-20-7-9-21(10-8-20)27-13-11-26(3)12-14-27/h4-10,19H,11-16H2,1-3H3,(H,25,30). The summed E-state index contributed by atoms with van der Waals surface area (Å²) in [6.07, 6.45) is 0.249.